The summed E-state index contributed by atoms with van der Waals surface area (Å²) in [5.41, 5.74) is 10.3. The summed E-state index contributed by atoms with van der Waals surface area (Å²) in [7, 11) is 1.60. The third kappa shape index (κ3) is 6.76. The van der Waals surface area contributed by atoms with Crippen LogP contribution in [-0.4, -0.2) is 88.3 Å². The predicted molar refractivity (Wildman–Crippen MR) is 179 cm³/mol. The van der Waals surface area contributed by atoms with E-state index in [0.717, 1.165) is 54.6 Å². The second-order valence-corrected chi connectivity index (χ2v) is 11.8. The van der Waals surface area contributed by atoms with Crippen LogP contribution in [0.1, 0.15) is 5.56 Å². The van der Waals surface area contributed by atoms with Crippen LogP contribution >= 0.6 is 0 Å². The molecule has 4 heterocycles. The van der Waals surface area contributed by atoms with Crippen LogP contribution in [0.15, 0.2) is 96.6 Å². The fourth-order valence-corrected chi connectivity index (χ4v) is 6.07. The van der Waals surface area contributed by atoms with Crippen molar-refractivity contribution < 1.29 is 18.9 Å². The Morgan fingerprint density at radius 2 is 1.54 bits per heavy atom. The smallest absolute Gasteiger partial charge is 0.350 e. The molecule has 2 fully saturated rings. The molecule has 0 aliphatic carbocycles. The molecule has 2 N–H and O–H groups in total. The van der Waals surface area contributed by atoms with E-state index < -0.39 is 5.79 Å². The number of benzene rings is 3. The fraction of sp³-hybridized carbons (Fsp3) is 0.353. The van der Waals surface area contributed by atoms with Crippen LogP contribution in [0.3, 0.4) is 0 Å². The van der Waals surface area contributed by atoms with Gasteiger partial charge in [0.2, 0.25) is 5.79 Å². The molecule has 48 heavy (non-hydrogen) atoms. The van der Waals surface area contributed by atoms with E-state index in [2.05, 4.69) is 49.2 Å². The van der Waals surface area contributed by atoms with Gasteiger partial charge in [-0.3, -0.25) is 0 Å². The first-order chi connectivity index (χ1) is 23.5. The van der Waals surface area contributed by atoms with Gasteiger partial charge in [-0.05, 0) is 60.7 Å². The molecule has 2 aromatic heterocycles. The number of piperazine rings is 1. The van der Waals surface area contributed by atoms with Gasteiger partial charge in [-0.25, -0.2) is 23.7 Å². The number of anilines is 3. The Labute approximate surface area is 277 Å². The van der Waals surface area contributed by atoms with Gasteiger partial charge in [-0.15, -0.1) is 0 Å². The molecule has 2 aliphatic heterocycles. The lowest BCUT2D eigenvalue weighted by atomic mass is 10.1. The van der Waals surface area contributed by atoms with Crippen LogP contribution in [0.4, 0.5) is 17.1 Å². The maximum Gasteiger partial charge on any atom is 0.350 e. The van der Waals surface area contributed by atoms with Gasteiger partial charge in [-0.2, -0.15) is 10.2 Å². The molecule has 0 spiro atoms. The molecule has 2 atom stereocenters. The molecule has 2 aliphatic rings. The third-order valence-corrected chi connectivity index (χ3v) is 8.70. The zero-order valence-electron chi connectivity index (χ0n) is 26.8. The maximum absolute atomic E-state index is 12.6. The second kappa shape index (κ2) is 13.9. The number of hydrogen-bond acceptors (Lipinski definition) is 11. The molecule has 0 unspecified atom stereocenters. The molecule has 0 saturated carbocycles. The number of nitrogens with zero attached hydrogens (tertiary/aromatic N) is 8. The maximum atomic E-state index is 12.6. The minimum atomic E-state index is -1.02. The highest BCUT2D eigenvalue weighted by atomic mass is 16.8. The Hall–Kier alpha value is -5.18. The van der Waals surface area contributed by atoms with Gasteiger partial charge in [0, 0.05) is 55.9 Å². The number of nitrogens with two attached hydrogens (primary N) is 1. The first-order valence-corrected chi connectivity index (χ1v) is 16.0. The van der Waals surface area contributed by atoms with Crippen molar-refractivity contribution in [2.45, 2.75) is 25.0 Å². The van der Waals surface area contributed by atoms with Crippen LogP contribution < -0.4 is 26.0 Å². The molecule has 0 radical (unpaired) electrons. The van der Waals surface area contributed by atoms with E-state index in [0.29, 0.717) is 38.6 Å². The first-order valence-electron chi connectivity index (χ1n) is 16.0. The minimum absolute atomic E-state index is 0.179. The number of nitrogen functional groups attached to an aromatic ring is 1. The van der Waals surface area contributed by atoms with Gasteiger partial charge in [0.05, 0.1) is 25.4 Å². The van der Waals surface area contributed by atoms with Gasteiger partial charge >= 0.3 is 5.69 Å². The largest absolute Gasteiger partial charge is 0.491 e. The normalized spacial score (nSPS) is 19.6. The number of hydrogen-bond donors (Lipinski definition) is 1. The Balaban J connectivity index is 0.910. The zero-order valence-corrected chi connectivity index (χ0v) is 26.8. The van der Waals surface area contributed by atoms with Crippen molar-refractivity contribution in [2.75, 3.05) is 68.6 Å². The summed E-state index contributed by atoms with van der Waals surface area (Å²) in [5, 5.41) is 8.43. The summed E-state index contributed by atoms with van der Waals surface area (Å²) in [4.78, 5) is 21.4. The van der Waals surface area contributed by atoms with Crippen LogP contribution in [0.25, 0.3) is 5.69 Å². The lowest BCUT2D eigenvalue weighted by Crippen LogP contribution is -2.46. The molecule has 0 amide bonds. The average Bonchev–Trinajstić information content (AvgIpc) is 3.88. The van der Waals surface area contributed by atoms with E-state index in [-0.39, 0.29) is 11.8 Å². The highest BCUT2D eigenvalue weighted by molar-refractivity contribution is 5.54. The number of aromatic nitrogens is 6. The molecule has 0 bridgehead atoms. The van der Waals surface area contributed by atoms with Crippen LogP contribution in [0.2, 0.25) is 0 Å². The molecule has 14 nitrogen and oxygen atoms in total. The van der Waals surface area contributed by atoms with Crippen molar-refractivity contribution in [2.24, 2.45) is 0 Å². The van der Waals surface area contributed by atoms with Gasteiger partial charge in [0.1, 0.15) is 44.0 Å². The molecular weight excluding hydrogens is 614 g/mol. The van der Waals surface area contributed by atoms with Crippen molar-refractivity contribution in [3.63, 3.8) is 0 Å². The highest BCUT2D eigenvalue weighted by Crippen LogP contribution is 2.36. The monoisotopic (exact) mass is 653 g/mol. The Kier molecular flexibility index (Phi) is 9.09. The fourth-order valence-electron chi connectivity index (χ4n) is 6.07. The molecule has 250 valence electrons. The lowest BCUT2D eigenvalue weighted by molar-refractivity contribution is -0.190. The van der Waals surface area contributed by atoms with E-state index in [1.54, 1.807) is 29.0 Å². The average molecular weight is 654 g/mol. The molecule has 2 saturated heterocycles. The molecule has 14 heteroatoms. The van der Waals surface area contributed by atoms with E-state index in [1.165, 1.54) is 11.0 Å². The van der Waals surface area contributed by atoms with E-state index in [1.807, 2.05) is 48.5 Å². The summed E-state index contributed by atoms with van der Waals surface area (Å²) in [6, 6.07) is 23.7. The predicted octanol–water partition coefficient (Wildman–Crippen LogP) is 2.53. The standard InChI is InChI=1S/C34H39N9O5/c1-45-19-18-43-33(44)42(25-38-43)30-8-6-28(7-9-30)39-14-16-40(17-15-39)29-10-12-31(13-11-29)46-20-32-21-47-34(48-32,22-41-24-36-23-37-41)26-2-4-27(35)5-3-26/h2-13,23-25,32H,14-22,35H2,1H3/t32-,34-/m1/s1. The third-order valence-electron chi connectivity index (χ3n) is 8.70. The quantitative estimate of drug-likeness (QED) is 0.199. The summed E-state index contributed by atoms with van der Waals surface area (Å²) in [5.74, 6) is -0.247. The van der Waals surface area contributed by atoms with Crippen LogP contribution in [0.5, 0.6) is 5.75 Å². The SMILES string of the molecule is COCCn1ncn(-c2ccc(N3CCN(c4ccc(OC[C@@H]5CO[C@@](Cn6cncn6)(c6ccc(N)cc6)O5)cc4)CC3)cc2)c1=O. The van der Waals surface area contributed by atoms with E-state index in [4.69, 9.17) is 24.7 Å². The van der Waals surface area contributed by atoms with Crippen LogP contribution in [0, 0.1) is 0 Å². The first kappa shape index (κ1) is 31.4. The van der Waals surface area contributed by atoms with Crippen molar-refractivity contribution >= 4 is 17.1 Å². The molecule has 3 aromatic carbocycles. The number of ether oxygens (including phenoxy) is 4. The van der Waals surface area contributed by atoms with Crippen molar-refractivity contribution in [3.8, 4) is 11.4 Å². The Morgan fingerprint density at radius 3 is 2.19 bits per heavy atom. The van der Waals surface area contributed by atoms with Gasteiger partial charge < -0.3 is 34.5 Å². The summed E-state index contributed by atoms with van der Waals surface area (Å²) >= 11 is 0. The highest BCUT2D eigenvalue weighted by Gasteiger charge is 2.44. The topological polar surface area (TPSA) is 140 Å². The molecule has 7 rings (SSSR count). The van der Waals surface area contributed by atoms with Gasteiger partial charge in [-0.1, -0.05) is 12.1 Å². The summed E-state index contributed by atoms with van der Waals surface area (Å²) in [6.07, 6.45) is 4.41. The second-order valence-electron chi connectivity index (χ2n) is 11.8. The van der Waals surface area contributed by atoms with Crippen molar-refractivity contribution in [3.05, 3.63) is 108 Å². The summed E-state index contributed by atoms with van der Waals surface area (Å²) < 4.78 is 28.6. The van der Waals surface area contributed by atoms with Gasteiger partial charge in [0.25, 0.3) is 0 Å². The number of methoxy groups -OCH3 is 1. The lowest BCUT2D eigenvalue weighted by Gasteiger charge is -2.37. The minimum Gasteiger partial charge on any atom is -0.491 e. The van der Waals surface area contributed by atoms with Crippen molar-refractivity contribution in [1.82, 2.24) is 29.1 Å². The van der Waals surface area contributed by atoms with E-state index >= 15 is 0 Å². The Bertz CT molecular complexity index is 1820. The molecule has 5 aromatic rings. The Morgan fingerprint density at radius 1 is 0.875 bits per heavy atom. The van der Waals surface area contributed by atoms with Crippen LogP contribution in [-0.2, 0) is 33.1 Å². The van der Waals surface area contributed by atoms with Gasteiger partial charge in [0.15, 0.2) is 0 Å². The zero-order chi connectivity index (χ0) is 32.9. The summed E-state index contributed by atoms with van der Waals surface area (Å²) in [6.45, 7) is 5.48. The number of rotatable bonds is 12. The molecular formula is C34H39N9O5. The van der Waals surface area contributed by atoms with E-state index in [9.17, 15) is 4.79 Å². The van der Waals surface area contributed by atoms with Crippen molar-refractivity contribution in [1.29, 1.82) is 0 Å².